The predicted octanol–water partition coefficient (Wildman–Crippen LogP) is 1.99. The van der Waals surface area contributed by atoms with Gasteiger partial charge in [-0.05, 0) is 5.56 Å². The van der Waals surface area contributed by atoms with Crippen molar-refractivity contribution in [1.29, 1.82) is 0 Å². The maximum absolute atomic E-state index is 9.91. The van der Waals surface area contributed by atoms with E-state index in [1.807, 2.05) is 24.3 Å². The number of cyclic esters (lactones) is 1. The van der Waals surface area contributed by atoms with Gasteiger partial charge in [0.1, 0.15) is 12.9 Å². The topological polar surface area (TPSA) is 64.4 Å². The van der Waals surface area contributed by atoms with Gasteiger partial charge in [0.05, 0.1) is 12.2 Å². The summed E-state index contributed by atoms with van der Waals surface area (Å²) >= 11 is 0. The lowest BCUT2D eigenvalue weighted by Crippen LogP contribution is -2.11. The van der Waals surface area contributed by atoms with Crippen molar-refractivity contribution >= 4 is 6.09 Å². The summed E-state index contributed by atoms with van der Waals surface area (Å²) < 4.78 is 9.14. The van der Waals surface area contributed by atoms with E-state index in [2.05, 4.69) is 27.3 Å². The minimum atomic E-state index is -0.296. The van der Waals surface area contributed by atoms with Crippen LogP contribution in [0.4, 0.5) is 4.79 Å². The van der Waals surface area contributed by atoms with Crippen molar-refractivity contribution in [3.05, 3.63) is 53.9 Å². The number of ether oxygens (including phenoxy) is 1. The van der Waals surface area contributed by atoms with E-state index in [1.165, 1.54) is 5.56 Å². The first-order valence-electron chi connectivity index (χ1n) is 5.68. The Hall–Kier alpha value is -2.30. The summed E-state index contributed by atoms with van der Waals surface area (Å²) in [7, 11) is 0. The second kappa shape index (κ2) is 6.44. The lowest BCUT2D eigenvalue weighted by Gasteiger charge is -1.94. The first-order valence-corrected chi connectivity index (χ1v) is 5.68. The van der Waals surface area contributed by atoms with Gasteiger partial charge in [-0.25, -0.2) is 4.79 Å². The molecule has 5 nitrogen and oxygen atoms in total. The Bertz CT molecular complexity index is 460. The van der Waals surface area contributed by atoms with Crippen LogP contribution in [0.2, 0.25) is 0 Å². The summed E-state index contributed by atoms with van der Waals surface area (Å²) in [5, 5.41) is 6.29. The van der Waals surface area contributed by atoms with Gasteiger partial charge in [-0.2, -0.15) is 0 Å². The van der Waals surface area contributed by atoms with Crippen LogP contribution in [0.25, 0.3) is 0 Å². The number of nitrogens with zero attached hydrogens (tertiary/aromatic N) is 1. The quantitative estimate of drug-likeness (QED) is 0.880. The van der Waals surface area contributed by atoms with Crippen LogP contribution < -0.4 is 5.32 Å². The molecule has 5 heteroatoms. The second-order valence-corrected chi connectivity index (χ2v) is 3.72. The van der Waals surface area contributed by atoms with E-state index in [0.717, 1.165) is 12.1 Å². The van der Waals surface area contributed by atoms with Gasteiger partial charge in [0.15, 0.2) is 0 Å². The molecular weight excluding hydrogens is 232 g/mol. The van der Waals surface area contributed by atoms with Crippen molar-refractivity contribution in [3.8, 4) is 0 Å². The molecule has 2 aromatic rings. The minimum absolute atomic E-state index is 0.296. The highest BCUT2D eigenvalue weighted by atomic mass is 16.6. The zero-order valence-corrected chi connectivity index (χ0v) is 9.83. The van der Waals surface area contributed by atoms with Crippen LogP contribution in [0, 0.1) is 0 Å². The SMILES string of the molecule is O=C1NCCO1.c1ccc(Cc2ccon2)cc1. The van der Waals surface area contributed by atoms with Crippen molar-refractivity contribution in [1.82, 2.24) is 10.5 Å². The third-order valence-corrected chi connectivity index (χ3v) is 2.32. The van der Waals surface area contributed by atoms with Crippen molar-refractivity contribution in [2.45, 2.75) is 6.42 Å². The zero-order chi connectivity index (χ0) is 12.6. The predicted molar refractivity (Wildman–Crippen MR) is 65.1 cm³/mol. The van der Waals surface area contributed by atoms with E-state index >= 15 is 0 Å². The molecule has 1 aromatic heterocycles. The third kappa shape index (κ3) is 3.93. The number of aromatic nitrogens is 1. The van der Waals surface area contributed by atoms with E-state index in [9.17, 15) is 4.79 Å². The molecule has 0 aliphatic carbocycles. The van der Waals surface area contributed by atoms with Gasteiger partial charge in [0, 0.05) is 12.5 Å². The van der Waals surface area contributed by atoms with Gasteiger partial charge in [0.2, 0.25) is 0 Å². The van der Waals surface area contributed by atoms with Crippen molar-refractivity contribution in [2.75, 3.05) is 13.2 Å². The molecule has 1 N–H and O–H groups in total. The largest absolute Gasteiger partial charge is 0.448 e. The molecule has 1 fully saturated rings. The molecule has 0 radical (unpaired) electrons. The first-order chi connectivity index (χ1) is 8.84. The molecule has 2 heterocycles. The van der Waals surface area contributed by atoms with Gasteiger partial charge < -0.3 is 14.6 Å². The van der Waals surface area contributed by atoms with Gasteiger partial charge in [-0.3, -0.25) is 0 Å². The molecule has 94 valence electrons. The lowest BCUT2D eigenvalue weighted by atomic mass is 10.1. The van der Waals surface area contributed by atoms with E-state index in [0.29, 0.717) is 13.2 Å². The van der Waals surface area contributed by atoms with Crippen LogP contribution in [0.5, 0.6) is 0 Å². The number of alkyl carbamates (subject to hydrolysis) is 1. The second-order valence-electron chi connectivity index (χ2n) is 3.72. The Morgan fingerprint density at radius 3 is 2.56 bits per heavy atom. The van der Waals surface area contributed by atoms with Crippen LogP contribution in [0.1, 0.15) is 11.3 Å². The highest BCUT2D eigenvalue weighted by molar-refractivity contribution is 5.68. The smallest absolute Gasteiger partial charge is 0.407 e. The van der Waals surface area contributed by atoms with E-state index in [4.69, 9.17) is 4.52 Å². The summed E-state index contributed by atoms with van der Waals surface area (Å²) in [5.74, 6) is 0. The molecule has 0 saturated carbocycles. The number of nitrogens with one attached hydrogen (secondary N) is 1. The Kier molecular flexibility index (Phi) is 4.35. The van der Waals surface area contributed by atoms with Crippen molar-refractivity contribution in [3.63, 3.8) is 0 Å². The Morgan fingerprint density at radius 2 is 2.06 bits per heavy atom. The molecule has 3 rings (SSSR count). The molecule has 1 aliphatic heterocycles. The first kappa shape index (κ1) is 12.2. The maximum atomic E-state index is 9.91. The summed E-state index contributed by atoms with van der Waals surface area (Å²) in [6.45, 7) is 1.19. The van der Waals surface area contributed by atoms with Crippen LogP contribution >= 0.6 is 0 Å². The lowest BCUT2D eigenvalue weighted by molar-refractivity contribution is 0.178. The van der Waals surface area contributed by atoms with Crippen LogP contribution in [-0.2, 0) is 11.2 Å². The normalized spacial score (nSPS) is 13.2. The highest BCUT2D eigenvalue weighted by Gasteiger charge is 2.06. The molecular formula is C13H14N2O3. The summed E-state index contributed by atoms with van der Waals surface area (Å²) in [6.07, 6.45) is 2.14. The van der Waals surface area contributed by atoms with Gasteiger partial charge in [-0.15, -0.1) is 0 Å². The average molecular weight is 246 g/mol. The molecule has 0 spiro atoms. The Labute approximate surface area is 105 Å². The molecule has 0 unspecified atom stereocenters. The van der Waals surface area contributed by atoms with Crippen molar-refractivity contribution < 1.29 is 14.1 Å². The third-order valence-electron chi connectivity index (χ3n) is 2.32. The van der Waals surface area contributed by atoms with Crippen LogP contribution in [0.3, 0.4) is 0 Å². The number of amides is 1. The molecule has 1 aliphatic rings. The zero-order valence-electron chi connectivity index (χ0n) is 9.83. The summed E-state index contributed by atoms with van der Waals surface area (Å²) in [5.41, 5.74) is 2.23. The number of benzene rings is 1. The van der Waals surface area contributed by atoms with Crippen molar-refractivity contribution in [2.24, 2.45) is 0 Å². The standard InChI is InChI=1S/C10H9NO.C3H5NO2/c1-2-4-9(5-3-1)8-10-6-7-12-11-10;5-3-4-1-2-6-3/h1-7H,8H2;1-2H2,(H,4,5). The fourth-order valence-corrected chi connectivity index (χ4v) is 1.48. The minimum Gasteiger partial charge on any atom is -0.448 e. The number of rotatable bonds is 2. The van der Waals surface area contributed by atoms with E-state index < -0.39 is 0 Å². The fourth-order valence-electron chi connectivity index (χ4n) is 1.48. The van der Waals surface area contributed by atoms with Gasteiger partial charge in [-0.1, -0.05) is 35.5 Å². The molecule has 0 bridgehead atoms. The summed E-state index contributed by atoms with van der Waals surface area (Å²) in [6, 6.07) is 12.1. The fraction of sp³-hybridized carbons (Fsp3) is 0.231. The van der Waals surface area contributed by atoms with Crippen LogP contribution in [0.15, 0.2) is 47.2 Å². The number of carbonyl (C=O) groups excluding carboxylic acids is 1. The summed E-state index contributed by atoms with van der Waals surface area (Å²) in [4.78, 5) is 9.91. The molecule has 18 heavy (non-hydrogen) atoms. The Balaban J connectivity index is 0.000000169. The van der Waals surface area contributed by atoms with E-state index in [1.54, 1.807) is 6.26 Å². The molecule has 1 amide bonds. The molecule has 1 aromatic carbocycles. The monoisotopic (exact) mass is 246 g/mol. The Morgan fingerprint density at radius 1 is 1.22 bits per heavy atom. The number of carbonyl (C=O) groups is 1. The molecule has 1 saturated heterocycles. The van der Waals surface area contributed by atoms with Gasteiger partial charge in [0.25, 0.3) is 0 Å². The van der Waals surface area contributed by atoms with E-state index in [-0.39, 0.29) is 6.09 Å². The number of hydrogen-bond donors (Lipinski definition) is 1. The maximum Gasteiger partial charge on any atom is 0.407 e. The average Bonchev–Trinajstić information content (AvgIpc) is 3.05. The van der Waals surface area contributed by atoms with Crippen LogP contribution in [-0.4, -0.2) is 24.4 Å². The van der Waals surface area contributed by atoms with Gasteiger partial charge >= 0.3 is 6.09 Å². The molecule has 0 atom stereocenters. The number of hydrogen-bond acceptors (Lipinski definition) is 4. The highest BCUT2D eigenvalue weighted by Crippen LogP contribution is 2.05.